The molecule has 16 heavy (non-hydrogen) atoms. The van der Waals surface area contributed by atoms with Crippen LogP contribution in [0.1, 0.15) is 39.0 Å². The maximum atomic E-state index is 12.2. The maximum absolute atomic E-state index is 12.2. The lowest BCUT2D eigenvalue weighted by molar-refractivity contribution is -0.133. The molecule has 0 aromatic rings. The second-order valence-corrected chi connectivity index (χ2v) is 4.32. The van der Waals surface area contributed by atoms with Crippen molar-refractivity contribution >= 4 is 5.91 Å². The zero-order chi connectivity index (χ0) is 11.8. The first-order chi connectivity index (χ1) is 7.79. The molecule has 1 saturated heterocycles. The Labute approximate surface area is 98.6 Å². The highest BCUT2D eigenvalue weighted by molar-refractivity contribution is 5.82. The van der Waals surface area contributed by atoms with E-state index in [9.17, 15) is 4.79 Å². The van der Waals surface area contributed by atoms with Crippen molar-refractivity contribution in [3.05, 3.63) is 0 Å². The molecule has 1 rings (SSSR count). The molecule has 1 unspecified atom stereocenters. The normalized spacial score (nSPS) is 20.9. The molecule has 0 aromatic carbocycles. The first-order valence-electron chi connectivity index (χ1n) is 6.25. The van der Waals surface area contributed by atoms with Crippen LogP contribution in [0.4, 0.5) is 0 Å². The van der Waals surface area contributed by atoms with Gasteiger partial charge in [-0.3, -0.25) is 4.79 Å². The number of rotatable bonds is 4. The third-order valence-electron chi connectivity index (χ3n) is 2.95. The van der Waals surface area contributed by atoms with Crippen molar-refractivity contribution in [2.24, 2.45) is 0 Å². The second kappa shape index (κ2) is 7.29. The van der Waals surface area contributed by atoms with Gasteiger partial charge in [0.15, 0.2) is 0 Å². The lowest BCUT2D eigenvalue weighted by Crippen LogP contribution is -2.46. The molecule has 1 aliphatic rings. The van der Waals surface area contributed by atoms with Gasteiger partial charge in [0.1, 0.15) is 0 Å². The molecular formula is C13H22N2O. The molecule has 1 aliphatic heterocycles. The van der Waals surface area contributed by atoms with E-state index in [0.717, 1.165) is 32.4 Å². The fourth-order valence-corrected chi connectivity index (χ4v) is 2.11. The van der Waals surface area contributed by atoms with E-state index in [2.05, 4.69) is 18.2 Å². The first kappa shape index (κ1) is 13.1. The Balaban J connectivity index is 2.54. The van der Waals surface area contributed by atoms with Crippen molar-refractivity contribution in [1.82, 2.24) is 10.2 Å². The summed E-state index contributed by atoms with van der Waals surface area (Å²) in [7, 11) is 0. The summed E-state index contributed by atoms with van der Waals surface area (Å²) in [5.74, 6) is 2.75. The van der Waals surface area contributed by atoms with E-state index in [-0.39, 0.29) is 11.9 Å². The van der Waals surface area contributed by atoms with Gasteiger partial charge in [-0.05, 0) is 25.8 Å². The Morgan fingerprint density at radius 3 is 3.00 bits per heavy atom. The Hall–Kier alpha value is -1.01. The number of nitrogens with zero attached hydrogens (tertiary/aromatic N) is 1. The van der Waals surface area contributed by atoms with Crippen LogP contribution in [-0.2, 0) is 4.79 Å². The molecule has 1 amide bonds. The molecular weight excluding hydrogens is 200 g/mol. The quantitative estimate of drug-likeness (QED) is 0.729. The largest absolute Gasteiger partial charge is 0.330 e. The Bertz CT molecular complexity index is 249. The Morgan fingerprint density at radius 1 is 1.50 bits per heavy atom. The fraction of sp³-hybridized carbons (Fsp3) is 0.769. The molecule has 0 bridgehead atoms. The van der Waals surface area contributed by atoms with Gasteiger partial charge in [0.05, 0.1) is 12.6 Å². The number of hydrogen-bond donors (Lipinski definition) is 1. The SMILES string of the molecule is C#CCN(CCC)C(=O)C1CCCCCN1. The maximum Gasteiger partial charge on any atom is 0.240 e. The van der Waals surface area contributed by atoms with Gasteiger partial charge in [0.2, 0.25) is 5.91 Å². The number of hydrogen-bond acceptors (Lipinski definition) is 2. The van der Waals surface area contributed by atoms with Crippen molar-refractivity contribution in [2.45, 2.75) is 45.1 Å². The van der Waals surface area contributed by atoms with E-state index in [1.54, 1.807) is 4.90 Å². The third-order valence-corrected chi connectivity index (χ3v) is 2.95. The lowest BCUT2D eigenvalue weighted by Gasteiger charge is -2.25. The van der Waals surface area contributed by atoms with E-state index in [1.165, 1.54) is 12.8 Å². The number of amides is 1. The Morgan fingerprint density at radius 2 is 2.31 bits per heavy atom. The van der Waals surface area contributed by atoms with Crippen LogP contribution in [0.5, 0.6) is 0 Å². The highest BCUT2D eigenvalue weighted by Crippen LogP contribution is 2.11. The molecule has 0 aromatic heterocycles. The molecule has 1 N–H and O–H groups in total. The minimum Gasteiger partial charge on any atom is -0.330 e. The molecule has 0 saturated carbocycles. The van der Waals surface area contributed by atoms with Gasteiger partial charge in [-0.25, -0.2) is 0 Å². The third kappa shape index (κ3) is 3.86. The van der Waals surface area contributed by atoms with Crippen molar-refractivity contribution < 1.29 is 4.79 Å². The van der Waals surface area contributed by atoms with Crippen molar-refractivity contribution in [1.29, 1.82) is 0 Å². The number of carbonyl (C=O) groups excluding carboxylic acids is 1. The van der Waals surface area contributed by atoms with Crippen LogP contribution >= 0.6 is 0 Å². The fourth-order valence-electron chi connectivity index (χ4n) is 2.11. The molecule has 0 aliphatic carbocycles. The topological polar surface area (TPSA) is 32.3 Å². The van der Waals surface area contributed by atoms with Crippen LogP contribution in [0.2, 0.25) is 0 Å². The predicted octanol–water partition coefficient (Wildman–Crippen LogP) is 1.39. The number of nitrogens with one attached hydrogen (secondary N) is 1. The van der Waals surface area contributed by atoms with Crippen molar-refractivity contribution in [2.75, 3.05) is 19.6 Å². The van der Waals surface area contributed by atoms with Gasteiger partial charge >= 0.3 is 0 Å². The predicted molar refractivity (Wildman–Crippen MR) is 66.0 cm³/mol. The van der Waals surface area contributed by atoms with Crippen LogP contribution in [0.3, 0.4) is 0 Å². The summed E-state index contributed by atoms with van der Waals surface area (Å²) in [5.41, 5.74) is 0. The summed E-state index contributed by atoms with van der Waals surface area (Å²) in [4.78, 5) is 14.0. The van der Waals surface area contributed by atoms with Gasteiger partial charge in [-0.1, -0.05) is 25.7 Å². The second-order valence-electron chi connectivity index (χ2n) is 4.32. The summed E-state index contributed by atoms with van der Waals surface area (Å²) in [5, 5.41) is 3.32. The monoisotopic (exact) mass is 222 g/mol. The van der Waals surface area contributed by atoms with Crippen LogP contribution < -0.4 is 5.32 Å². The van der Waals surface area contributed by atoms with Gasteiger partial charge in [-0.15, -0.1) is 6.42 Å². The van der Waals surface area contributed by atoms with Crippen molar-refractivity contribution in [3.8, 4) is 12.3 Å². The van der Waals surface area contributed by atoms with E-state index in [1.807, 2.05) is 0 Å². The molecule has 0 radical (unpaired) electrons. The molecule has 0 spiro atoms. The molecule has 3 heteroatoms. The lowest BCUT2D eigenvalue weighted by atomic mass is 10.1. The van der Waals surface area contributed by atoms with Gasteiger partial charge < -0.3 is 10.2 Å². The summed E-state index contributed by atoms with van der Waals surface area (Å²) < 4.78 is 0. The summed E-state index contributed by atoms with van der Waals surface area (Å²) >= 11 is 0. The van der Waals surface area contributed by atoms with E-state index in [0.29, 0.717) is 6.54 Å². The zero-order valence-electron chi connectivity index (χ0n) is 10.2. The van der Waals surface area contributed by atoms with Gasteiger partial charge in [0, 0.05) is 6.54 Å². The average Bonchev–Trinajstić information content (AvgIpc) is 2.56. The number of carbonyl (C=O) groups is 1. The minimum absolute atomic E-state index is 0.0117. The van der Waals surface area contributed by atoms with Gasteiger partial charge in [0.25, 0.3) is 0 Å². The van der Waals surface area contributed by atoms with E-state index < -0.39 is 0 Å². The zero-order valence-corrected chi connectivity index (χ0v) is 10.2. The van der Waals surface area contributed by atoms with Crippen LogP contribution in [0.25, 0.3) is 0 Å². The molecule has 1 fully saturated rings. The molecule has 3 nitrogen and oxygen atoms in total. The standard InChI is InChI=1S/C13H22N2O/c1-3-10-15(11-4-2)13(16)12-8-6-5-7-9-14-12/h1,12,14H,4-11H2,2H3. The molecule has 1 heterocycles. The van der Waals surface area contributed by atoms with E-state index >= 15 is 0 Å². The highest BCUT2D eigenvalue weighted by atomic mass is 16.2. The Kier molecular flexibility index (Phi) is 5.95. The summed E-state index contributed by atoms with van der Waals surface area (Å²) in [6.45, 7) is 4.22. The highest BCUT2D eigenvalue weighted by Gasteiger charge is 2.23. The molecule has 1 atom stereocenters. The smallest absolute Gasteiger partial charge is 0.240 e. The first-order valence-corrected chi connectivity index (χ1v) is 6.25. The van der Waals surface area contributed by atoms with Crippen LogP contribution in [0.15, 0.2) is 0 Å². The molecule has 90 valence electrons. The van der Waals surface area contributed by atoms with Gasteiger partial charge in [-0.2, -0.15) is 0 Å². The average molecular weight is 222 g/mol. The summed E-state index contributed by atoms with van der Waals surface area (Å²) in [6.07, 6.45) is 10.7. The minimum atomic E-state index is -0.0117. The summed E-state index contributed by atoms with van der Waals surface area (Å²) in [6, 6.07) is -0.0117. The van der Waals surface area contributed by atoms with Crippen LogP contribution in [0, 0.1) is 12.3 Å². The van der Waals surface area contributed by atoms with Crippen LogP contribution in [-0.4, -0.2) is 36.5 Å². The van der Waals surface area contributed by atoms with E-state index in [4.69, 9.17) is 6.42 Å². The number of terminal acetylenes is 1. The van der Waals surface area contributed by atoms with Crippen molar-refractivity contribution in [3.63, 3.8) is 0 Å².